The Morgan fingerprint density at radius 3 is 2.75 bits per heavy atom. The van der Waals surface area contributed by atoms with E-state index in [1.165, 1.54) is 0 Å². The summed E-state index contributed by atoms with van der Waals surface area (Å²) in [6.45, 7) is 1.05. The third-order valence-electron chi connectivity index (χ3n) is 4.91. The number of carbonyl (C=O) groups is 1. The summed E-state index contributed by atoms with van der Waals surface area (Å²) < 4.78 is 0. The van der Waals surface area contributed by atoms with E-state index in [0.29, 0.717) is 25.2 Å². The van der Waals surface area contributed by atoms with E-state index in [0.717, 1.165) is 44.3 Å². The Hall–Kier alpha value is -2.20. The number of amides is 1. The quantitative estimate of drug-likeness (QED) is 0.846. The number of aromatic nitrogens is 2. The zero-order valence-electron chi connectivity index (χ0n) is 13.8. The van der Waals surface area contributed by atoms with Crippen LogP contribution in [-0.4, -0.2) is 52.0 Å². The van der Waals surface area contributed by atoms with Crippen LogP contribution in [0.25, 0.3) is 0 Å². The first kappa shape index (κ1) is 16.7. The average molecular weight is 328 g/mol. The van der Waals surface area contributed by atoms with E-state index in [-0.39, 0.29) is 11.9 Å². The van der Waals surface area contributed by atoms with Crippen molar-refractivity contribution in [2.24, 2.45) is 0 Å². The number of nitriles is 1. The van der Waals surface area contributed by atoms with E-state index in [4.69, 9.17) is 5.26 Å². The molecule has 2 aliphatic rings. The fourth-order valence-corrected chi connectivity index (χ4v) is 3.56. The second-order valence-electron chi connectivity index (χ2n) is 6.54. The normalized spacial score (nSPS) is 26.8. The molecule has 2 heterocycles. The largest absolute Gasteiger partial charge is 0.366 e. The van der Waals surface area contributed by atoms with Crippen LogP contribution in [0.3, 0.4) is 0 Å². The van der Waals surface area contributed by atoms with Crippen LogP contribution in [0.1, 0.15) is 38.5 Å². The summed E-state index contributed by atoms with van der Waals surface area (Å²) in [5.74, 6) is 0.875. The van der Waals surface area contributed by atoms with Gasteiger partial charge >= 0.3 is 0 Å². The number of carbonyl (C=O) groups excluding carboxylic acids is 1. The Bertz CT molecular complexity index is 578. The van der Waals surface area contributed by atoms with Gasteiger partial charge in [0, 0.05) is 31.0 Å². The fourth-order valence-electron chi connectivity index (χ4n) is 3.56. The Kier molecular flexibility index (Phi) is 5.59. The summed E-state index contributed by atoms with van der Waals surface area (Å²) in [6.07, 6.45) is 11.0. The van der Waals surface area contributed by atoms with E-state index >= 15 is 0 Å². The highest BCUT2D eigenvalue weighted by Crippen LogP contribution is 2.21. The van der Waals surface area contributed by atoms with Crippen molar-refractivity contribution < 1.29 is 4.79 Å². The van der Waals surface area contributed by atoms with Crippen LogP contribution in [-0.2, 0) is 4.79 Å². The number of likely N-dealkylation sites (tertiary alicyclic amines) is 1. The molecular weight excluding hydrogens is 304 g/mol. The van der Waals surface area contributed by atoms with Crippen molar-refractivity contribution in [2.75, 3.05) is 18.4 Å². The van der Waals surface area contributed by atoms with Crippen LogP contribution in [0, 0.1) is 11.3 Å². The highest BCUT2D eigenvalue weighted by Gasteiger charge is 2.29. The Morgan fingerprint density at radius 2 is 2.04 bits per heavy atom. The predicted molar refractivity (Wildman–Crippen MR) is 90.0 cm³/mol. The number of hydrogen-bond donors (Lipinski definition) is 2. The SMILES string of the molecule is N#C[C@@H]1CCCN1C(=O)CNC1CCC(Nc2cnccn2)CC1. The molecule has 1 atom stereocenters. The molecule has 0 bridgehead atoms. The van der Waals surface area contributed by atoms with Gasteiger partial charge < -0.3 is 15.5 Å². The van der Waals surface area contributed by atoms with Crippen molar-refractivity contribution >= 4 is 11.7 Å². The Balaban J connectivity index is 1.38. The zero-order chi connectivity index (χ0) is 16.8. The second-order valence-corrected chi connectivity index (χ2v) is 6.54. The molecule has 1 aliphatic heterocycles. The summed E-state index contributed by atoms with van der Waals surface area (Å²) in [6, 6.07) is 2.78. The summed E-state index contributed by atoms with van der Waals surface area (Å²) in [7, 11) is 0. The lowest BCUT2D eigenvalue weighted by Crippen LogP contribution is -2.45. The summed E-state index contributed by atoms with van der Waals surface area (Å²) in [5, 5.41) is 15.9. The van der Waals surface area contributed by atoms with Gasteiger partial charge in [-0.05, 0) is 38.5 Å². The average Bonchev–Trinajstić information content (AvgIpc) is 3.10. The summed E-state index contributed by atoms with van der Waals surface area (Å²) in [5.41, 5.74) is 0. The van der Waals surface area contributed by atoms with Gasteiger partial charge in [0.2, 0.25) is 5.91 Å². The molecule has 1 saturated heterocycles. The number of hydrogen-bond acceptors (Lipinski definition) is 6. The third kappa shape index (κ3) is 4.20. The molecule has 7 heteroatoms. The first-order valence-corrected chi connectivity index (χ1v) is 8.71. The van der Waals surface area contributed by atoms with Crippen molar-refractivity contribution in [1.82, 2.24) is 20.2 Å². The van der Waals surface area contributed by atoms with Gasteiger partial charge in [0.05, 0.1) is 18.8 Å². The molecule has 1 aliphatic carbocycles. The predicted octanol–water partition coefficient (Wildman–Crippen LogP) is 1.30. The summed E-state index contributed by atoms with van der Waals surface area (Å²) in [4.78, 5) is 22.3. The van der Waals surface area contributed by atoms with Crippen molar-refractivity contribution in [3.05, 3.63) is 18.6 Å². The standard InChI is InChI=1S/C17H24N6O/c18-10-15-2-1-9-23(15)17(24)12-21-13-3-5-14(6-4-13)22-16-11-19-7-8-20-16/h7-8,11,13-15,21H,1-6,9,12H2,(H,20,22)/t13?,14?,15-/m0/s1. The molecule has 1 aromatic rings. The number of rotatable bonds is 5. The summed E-state index contributed by atoms with van der Waals surface area (Å²) >= 11 is 0. The molecule has 2 fully saturated rings. The van der Waals surface area contributed by atoms with E-state index in [1.807, 2.05) is 0 Å². The highest BCUT2D eigenvalue weighted by molar-refractivity contribution is 5.79. The van der Waals surface area contributed by atoms with Gasteiger partial charge in [-0.25, -0.2) is 4.98 Å². The lowest BCUT2D eigenvalue weighted by atomic mass is 9.91. The van der Waals surface area contributed by atoms with Gasteiger partial charge in [-0.2, -0.15) is 5.26 Å². The van der Waals surface area contributed by atoms with Crippen LogP contribution >= 0.6 is 0 Å². The third-order valence-corrected chi connectivity index (χ3v) is 4.91. The Labute approximate surface area is 142 Å². The topological polar surface area (TPSA) is 93.9 Å². The van der Waals surface area contributed by atoms with E-state index in [1.54, 1.807) is 23.5 Å². The maximum Gasteiger partial charge on any atom is 0.237 e. The van der Waals surface area contributed by atoms with Crippen molar-refractivity contribution in [3.63, 3.8) is 0 Å². The first-order chi connectivity index (χ1) is 11.8. The first-order valence-electron chi connectivity index (χ1n) is 8.71. The van der Waals surface area contributed by atoms with Gasteiger partial charge in [-0.1, -0.05) is 0 Å². The molecule has 0 spiro atoms. The number of nitrogens with zero attached hydrogens (tertiary/aromatic N) is 4. The van der Waals surface area contributed by atoms with Gasteiger partial charge in [-0.15, -0.1) is 0 Å². The molecular formula is C17H24N6O. The minimum atomic E-state index is -0.230. The van der Waals surface area contributed by atoms with E-state index in [2.05, 4.69) is 26.7 Å². The maximum atomic E-state index is 12.2. The molecule has 24 heavy (non-hydrogen) atoms. The smallest absolute Gasteiger partial charge is 0.237 e. The monoisotopic (exact) mass is 328 g/mol. The van der Waals surface area contributed by atoms with Gasteiger partial charge in [0.1, 0.15) is 11.9 Å². The highest BCUT2D eigenvalue weighted by atomic mass is 16.2. The Morgan fingerprint density at radius 1 is 1.25 bits per heavy atom. The van der Waals surface area contributed by atoms with Crippen LogP contribution in [0.5, 0.6) is 0 Å². The van der Waals surface area contributed by atoms with Gasteiger partial charge in [-0.3, -0.25) is 9.78 Å². The lowest BCUT2D eigenvalue weighted by Gasteiger charge is -2.30. The van der Waals surface area contributed by atoms with Gasteiger partial charge in [0.25, 0.3) is 0 Å². The van der Waals surface area contributed by atoms with Crippen LogP contribution < -0.4 is 10.6 Å². The van der Waals surface area contributed by atoms with E-state index < -0.39 is 0 Å². The molecule has 1 saturated carbocycles. The zero-order valence-corrected chi connectivity index (χ0v) is 13.8. The molecule has 7 nitrogen and oxygen atoms in total. The fraction of sp³-hybridized carbons (Fsp3) is 0.647. The molecule has 1 aromatic heterocycles. The van der Waals surface area contributed by atoms with Crippen LogP contribution in [0.15, 0.2) is 18.6 Å². The molecule has 3 rings (SSSR count). The maximum absolute atomic E-state index is 12.2. The van der Waals surface area contributed by atoms with E-state index in [9.17, 15) is 4.79 Å². The molecule has 1 amide bonds. The molecule has 0 aromatic carbocycles. The molecule has 0 radical (unpaired) electrons. The molecule has 0 unspecified atom stereocenters. The van der Waals surface area contributed by atoms with Gasteiger partial charge in [0.15, 0.2) is 0 Å². The van der Waals surface area contributed by atoms with Crippen molar-refractivity contribution in [2.45, 2.75) is 56.7 Å². The minimum Gasteiger partial charge on any atom is -0.366 e. The molecule has 128 valence electrons. The number of nitrogens with one attached hydrogen (secondary N) is 2. The van der Waals surface area contributed by atoms with Crippen molar-refractivity contribution in [1.29, 1.82) is 5.26 Å². The lowest BCUT2D eigenvalue weighted by molar-refractivity contribution is -0.130. The van der Waals surface area contributed by atoms with Crippen LogP contribution in [0.2, 0.25) is 0 Å². The van der Waals surface area contributed by atoms with Crippen molar-refractivity contribution in [3.8, 4) is 6.07 Å². The minimum absolute atomic E-state index is 0.0545. The van der Waals surface area contributed by atoms with Crippen LogP contribution in [0.4, 0.5) is 5.82 Å². The molecule has 2 N–H and O–H groups in total. The number of anilines is 1. The second kappa shape index (κ2) is 8.06.